The molecule has 50 valence electrons. The molecule has 9 heteroatoms. The Morgan fingerprint density at radius 1 is 0.455 bits per heavy atom. The van der Waals surface area contributed by atoms with E-state index >= 15 is 0 Å². The molecule has 0 aliphatic carbocycles. The van der Waals surface area contributed by atoms with E-state index in [1.54, 1.807) is 0 Å². The zero-order valence-electron chi connectivity index (χ0n) is 5.57. The molecule has 11 heavy (non-hydrogen) atoms. The van der Waals surface area contributed by atoms with Crippen molar-refractivity contribution in [2.24, 2.45) is 0 Å². The Hall–Kier alpha value is 2.53. The second-order valence-electron chi connectivity index (χ2n) is 1.11. The molecule has 6 nitrogen and oxygen atoms in total. The first kappa shape index (κ1) is 23.4. The number of hydrogen-bond acceptors (Lipinski definition) is 6. The Morgan fingerprint density at radius 3 is 0.545 bits per heavy atom. The van der Waals surface area contributed by atoms with Gasteiger partial charge < -0.3 is 42.6 Å². The van der Waals surface area contributed by atoms with Crippen molar-refractivity contribution in [1.82, 2.24) is 0 Å². The molecule has 0 bridgehead atoms. The third-order valence-electron chi connectivity index (χ3n) is 0.375. The minimum Gasteiger partial charge on any atom is -0.879 e. The molecule has 0 saturated carbocycles. The molecular formula is C2Cd3O6. The van der Waals surface area contributed by atoms with Gasteiger partial charge in [-0.3, -0.25) is 0 Å². The van der Waals surface area contributed by atoms with Crippen LogP contribution < -0.4 is 30.6 Å². The summed E-state index contributed by atoms with van der Waals surface area (Å²) in [6, 6.07) is 0. The van der Waals surface area contributed by atoms with Gasteiger partial charge in [0, 0.05) is 0 Å². The third-order valence-corrected chi connectivity index (χ3v) is 0.375. The SMILES string of the molecule is [Cd+2].[Cd+2].[Cd+2].[O-]C([O-])([O-])C([O-])([O-])[O-]. The third kappa shape index (κ3) is 10.4. The van der Waals surface area contributed by atoms with Crippen molar-refractivity contribution in [2.45, 2.75) is 11.9 Å². The zero-order valence-corrected chi connectivity index (χ0v) is 17.7. The summed E-state index contributed by atoms with van der Waals surface area (Å²) < 4.78 is 0. The summed E-state index contributed by atoms with van der Waals surface area (Å²) in [7, 11) is 0. The van der Waals surface area contributed by atoms with Gasteiger partial charge in [0.1, 0.15) is 0 Å². The van der Waals surface area contributed by atoms with Crippen LogP contribution in [0.4, 0.5) is 0 Å². The van der Waals surface area contributed by atoms with Crippen LogP contribution in [0.15, 0.2) is 0 Å². The first-order valence-electron chi connectivity index (χ1n) is 1.47. The van der Waals surface area contributed by atoms with E-state index in [2.05, 4.69) is 0 Å². The molecule has 0 radical (unpaired) electrons. The normalized spacial score (nSPS) is 10.4. The first-order chi connectivity index (χ1) is 3.25. The Bertz CT molecular complexity index is 70.8. The van der Waals surface area contributed by atoms with Crippen molar-refractivity contribution >= 4 is 0 Å². The van der Waals surface area contributed by atoms with Gasteiger partial charge in [0.05, 0.1) is 0 Å². The predicted molar refractivity (Wildman–Crippen MR) is 5.46 cm³/mol. The quantitative estimate of drug-likeness (QED) is 0.283. The molecule has 0 N–H and O–H groups in total. The van der Waals surface area contributed by atoms with E-state index in [-0.39, 0.29) is 81.9 Å². The Morgan fingerprint density at radius 2 is 0.545 bits per heavy atom. The second kappa shape index (κ2) is 7.89. The van der Waals surface area contributed by atoms with Crippen LogP contribution in [-0.2, 0) is 81.9 Å². The van der Waals surface area contributed by atoms with Crippen LogP contribution in [0.3, 0.4) is 0 Å². The Balaban J connectivity index is -0.0000000817. The maximum atomic E-state index is 9.08. The molecule has 0 aromatic rings. The van der Waals surface area contributed by atoms with Gasteiger partial charge in [0.15, 0.2) is 0 Å². The Labute approximate surface area is 123 Å². The van der Waals surface area contributed by atoms with E-state index in [0.29, 0.717) is 0 Å². The number of hydrogen-bond donors (Lipinski definition) is 0. The smallest absolute Gasteiger partial charge is 0.879 e. The average Bonchev–Trinajstić information content (AvgIpc) is 1.25. The maximum Gasteiger partial charge on any atom is 2.00 e. The summed E-state index contributed by atoms with van der Waals surface area (Å²) in [5.41, 5.74) is 0. The summed E-state index contributed by atoms with van der Waals surface area (Å²) in [4.78, 5) is 0. The van der Waals surface area contributed by atoms with Crippen molar-refractivity contribution in [1.29, 1.82) is 0 Å². The van der Waals surface area contributed by atoms with E-state index in [9.17, 15) is 0 Å². The van der Waals surface area contributed by atoms with Gasteiger partial charge in [-0.1, -0.05) is 0 Å². The van der Waals surface area contributed by atoms with Gasteiger partial charge in [0.25, 0.3) is 0 Å². The van der Waals surface area contributed by atoms with Crippen molar-refractivity contribution in [2.75, 3.05) is 0 Å². The minimum absolute atomic E-state index is 0. The van der Waals surface area contributed by atoms with Gasteiger partial charge in [-0.05, 0) is 0 Å². The molecule has 0 atom stereocenters. The standard InChI is InChI=1S/C2O6.3Cd/c3-1(4,5)2(6,7)8;;;/q-6;3*+2. The van der Waals surface area contributed by atoms with Crippen LogP contribution in [0.1, 0.15) is 0 Å². The van der Waals surface area contributed by atoms with Gasteiger partial charge in [-0.25, -0.2) is 0 Å². The van der Waals surface area contributed by atoms with Crippen LogP contribution >= 0.6 is 0 Å². The molecule has 0 aliphatic heterocycles. The van der Waals surface area contributed by atoms with Gasteiger partial charge in [-0.15, -0.1) is 0 Å². The Kier molecular flexibility index (Phi) is 16.8. The molecule has 0 rings (SSSR count). The van der Waals surface area contributed by atoms with E-state index in [1.165, 1.54) is 0 Å². The van der Waals surface area contributed by atoms with Crippen LogP contribution in [-0.4, -0.2) is 11.9 Å². The fraction of sp³-hybridized carbons (Fsp3) is 1.00. The van der Waals surface area contributed by atoms with Crippen LogP contribution in [0, 0.1) is 0 Å². The molecule has 0 spiro atoms. The monoisotopic (exact) mass is 462 g/mol. The van der Waals surface area contributed by atoms with E-state index < -0.39 is 11.9 Å². The largest absolute Gasteiger partial charge is 2.00 e. The van der Waals surface area contributed by atoms with E-state index in [4.69, 9.17) is 30.6 Å². The molecule has 0 aromatic heterocycles. The maximum absolute atomic E-state index is 9.08. The van der Waals surface area contributed by atoms with Crippen LogP contribution in [0.2, 0.25) is 0 Å². The zero-order chi connectivity index (χ0) is 7.00. The summed E-state index contributed by atoms with van der Waals surface area (Å²) in [5.74, 6) is -9.96. The molecule has 0 fully saturated rings. The molecule has 0 amide bonds. The average molecular weight is 457 g/mol. The van der Waals surface area contributed by atoms with Gasteiger partial charge in [-0.2, -0.15) is 0 Å². The molecule has 0 unspecified atom stereocenters. The molecule has 0 aromatic carbocycles. The summed E-state index contributed by atoms with van der Waals surface area (Å²) >= 11 is 0. The molecule has 0 aliphatic rings. The first-order valence-corrected chi connectivity index (χ1v) is 1.47. The van der Waals surface area contributed by atoms with Crippen molar-refractivity contribution in [3.63, 3.8) is 0 Å². The van der Waals surface area contributed by atoms with Gasteiger partial charge in [0.2, 0.25) is 0 Å². The van der Waals surface area contributed by atoms with Gasteiger partial charge >= 0.3 is 81.9 Å². The molecular weight excluding hydrogens is 457 g/mol. The predicted octanol–water partition coefficient (Wildman–Crippen LogP) is -7.55. The second-order valence-corrected chi connectivity index (χ2v) is 1.11. The summed E-state index contributed by atoms with van der Waals surface area (Å²) in [6.45, 7) is 0. The molecule has 0 heterocycles. The minimum atomic E-state index is -4.98. The topological polar surface area (TPSA) is 138 Å². The van der Waals surface area contributed by atoms with Crippen LogP contribution in [0.5, 0.6) is 0 Å². The van der Waals surface area contributed by atoms with Crippen molar-refractivity contribution < 1.29 is 113 Å². The molecule has 0 saturated heterocycles. The fourth-order valence-electron chi connectivity index (χ4n) is 0. The van der Waals surface area contributed by atoms with Crippen molar-refractivity contribution in [3.8, 4) is 0 Å². The number of rotatable bonds is 1. The van der Waals surface area contributed by atoms with Crippen molar-refractivity contribution in [3.05, 3.63) is 0 Å². The van der Waals surface area contributed by atoms with E-state index in [0.717, 1.165) is 0 Å². The summed E-state index contributed by atoms with van der Waals surface area (Å²) in [5, 5.41) is 54.5. The van der Waals surface area contributed by atoms with E-state index in [1.807, 2.05) is 0 Å². The summed E-state index contributed by atoms with van der Waals surface area (Å²) in [6.07, 6.45) is 0. The van der Waals surface area contributed by atoms with Crippen LogP contribution in [0.25, 0.3) is 0 Å². The fourth-order valence-corrected chi connectivity index (χ4v) is 0.